The minimum atomic E-state index is -3.49. The molecule has 0 amide bonds. The van der Waals surface area contributed by atoms with Crippen molar-refractivity contribution in [2.24, 2.45) is 0 Å². The summed E-state index contributed by atoms with van der Waals surface area (Å²) in [6.07, 6.45) is 1.31. The maximum absolute atomic E-state index is 12.6. The Bertz CT molecular complexity index is 648. The zero-order valence-electron chi connectivity index (χ0n) is 11.6. The number of rotatable bonds is 2. The lowest BCUT2D eigenvalue weighted by Crippen LogP contribution is -2.52. The van der Waals surface area contributed by atoms with Crippen molar-refractivity contribution in [2.45, 2.75) is 23.5 Å². The van der Waals surface area contributed by atoms with E-state index in [1.165, 1.54) is 28.6 Å². The molecule has 3 rings (SSSR count). The van der Waals surface area contributed by atoms with E-state index in [4.69, 9.17) is 10.00 Å². The molecule has 2 aliphatic rings. The van der Waals surface area contributed by atoms with Crippen molar-refractivity contribution in [2.75, 3.05) is 26.2 Å². The zero-order chi connectivity index (χ0) is 14.9. The van der Waals surface area contributed by atoms with E-state index in [1.807, 2.05) is 6.07 Å². The molecule has 1 aromatic rings. The summed E-state index contributed by atoms with van der Waals surface area (Å²) in [5.74, 6) is 0. The number of nitrogens with zero attached hydrogens (tertiary/aromatic N) is 2. The molecule has 6 nitrogen and oxygen atoms in total. The summed E-state index contributed by atoms with van der Waals surface area (Å²) in [4.78, 5) is 0.234. The van der Waals surface area contributed by atoms with Crippen LogP contribution >= 0.6 is 0 Å². The van der Waals surface area contributed by atoms with E-state index in [2.05, 4.69) is 5.32 Å². The average molecular weight is 307 g/mol. The van der Waals surface area contributed by atoms with E-state index in [0.717, 1.165) is 6.54 Å². The van der Waals surface area contributed by atoms with Gasteiger partial charge in [0.2, 0.25) is 10.0 Å². The second-order valence-corrected chi connectivity index (χ2v) is 7.25. The summed E-state index contributed by atoms with van der Waals surface area (Å²) in [6, 6.07) is 8.02. The number of piperidine rings is 1. The predicted molar refractivity (Wildman–Crippen MR) is 75.8 cm³/mol. The third-order valence-corrected chi connectivity index (χ3v) is 5.99. The quantitative estimate of drug-likeness (QED) is 0.868. The van der Waals surface area contributed by atoms with Gasteiger partial charge >= 0.3 is 0 Å². The number of ether oxygens (including phenoxy) is 1. The van der Waals surface area contributed by atoms with Crippen LogP contribution in [0.3, 0.4) is 0 Å². The van der Waals surface area contributed by atoms with Gasteiger partial charge in [0, 0.05) is 32.5 Å². The second kappa shape index (κ2) is 5.39. The largest absolute Gasteiger partial charge is 0.359 e. The molecule has 2 saturated heterocycles. The molecule has 0 unspecified atom stereocenters. The maximum atomic E-state index is 12.6. The molecule has 112 valence electrons. The van der Waals surface area contributed by atoms with E-state index >= 15 is 0 Å². The van der Waals surface area contributed by atoms with Crippen LogP contribution in [0, 0.1) is 11.3 Å². The highest BCUT2D eigenvalue weighted by molar-refractivity contribution is 7.89. The van der Waals surface area contributed by atoms with E-state index in [1.54, 1.807) is 0 Å². The Morgan fingerprint density at radius 1 is 1.24 bits per heavy atom. The SMILES string of the molecule is N#Cc1ccc(S(=O)(=O)N2CCC3(CC2)NCCO3)cc1. The number of hydrogen-bond acceptors (Lipinski definition) is 5. The molecule has 2 fully saturated rings. The van der Waals surface area contributed by atoms with Crippen LogP contribution in [0.4, 0.5) is 0 Å². The molecule has 0 saturated carbocycles. The van der Waals surface area contributed by atoms with Gasteiger partial charge in [0.25, 0.3) is 0 Å². The van der Waals surface area contributed by atoms with Crippen LogP contribution < -0.4 is 5.32 Å². The number of benzene rings is 1. The Morgan fingerprint density at radius 3 is 2.43 bits per heavy atom. The number of nitriles is 1. The number of nitrogens with one attached hydrogen (secondary N) is 1. The fourth-order valence-corrected chi connectivity index (χ4v) is 4.28. The topological polar surface area (TPSA) is 82.4 Å². The van der Waals surface area contributed by atoms with Crippen LogP contribution in [-0.4, -0.2) is 44.7 Å². The van der Waals surface area contributed by atoms with Gasteiger partial charge in [0.05, 0.1) is 23.1 Å². The van der Waals surface area contributed by atoms with Gasteiger partial charge in [-0.3, -0.25) is 5.32 Å². The first kappa shape index (κ1) is 14.5. The van der Waals surface area contributed by atoms with Crippen LogP contribution in [0.5, 0.6) is 0 Å². The van der Waals surface area contributed by atoms with E-state index in [-0.39, 0.29) is 10.6 Å². The molecule has 0 radical (unpaired) electrons. The monoisotopic (exact) mass is 307 g/mol. The normalized spacial score (nSPS) is 22.2. The predicted octanol–water partition coefficient (Wildman–Crippen LogP) is 0.659. The highest BCUT2D eigenvalue weighted by atomic mass is 32.2. The van der Waals surface area contributed by atoms with Gasteiger partial charge in [-0.2, -0.15) is 9.57 Å². The van der Waals surface area contributed by atoms with Crippen molar-refractivity contribution in [3.63, 3.8) is 0 Å². The molecule has 0 aliphatic carbocycles. The first-order valence-electron chi connectivity index (χ1n) is 6.95. The molecule has 21 heavy (non-hydrogen) atoms. The standard InChI is InChI=1S/C14H17N3O3S/c15-11-12-1-3-13(4-2-12)21(18,19)17-8-5-14(6-9-17)16-7-10-20-14/h1-4,16H,5-10H2. The molecule has 1 N–H and O–H groups in total. The number of hydrogen-bond donors (Lipinski definition) is 1. The molecule has 2 heterocycles. The van der Waals surface area contributed by atoms with Crippen LogP contribution in [-0.2, 0) is 14.8 Å². The third kappa shape index (κ3) is 2.68. The molecule has 1 aromatic carbocycles. The van der Waals surface area contributed by atoms with E-state index in [0.29, 0.717) is 38.1 Å². The fourth-order valence-electron chi connectivity index (χ4n) is 2.84. The fraction of sp³-hybridized carbons (Fsp3) is 0.500. The molecular formula is C14H17N3O3S. The highest BCUT2D eigenvalue weighted by Gasteiger charge is 2.41. The first-order chi connectivity index (χ1) is 10.1. The molecule has 0 atom stereocenters. The second-order valence-electron chi connectivity index (χ2n) is 5.31. The van der Waals surface area contributed by atoms with Crippen molar-refractivity contribution in [3.05, 3.63) is 29.8 Å². The van der Waals surface area contributed by atoms with Gasteiger partial charge in [-0.1, -0.05) is 0 Å². The van der Waals surface area contributed by atoms with Crippen LogP contribution in [0.15, 0.2) is 29.2 Å². The zero-order valence-corrected chi connectivity index (χ0v) is 12.4. The lowest BCUT2D eigenvalue weighted by Gasteiger charge is -2.37. The van der Waals surface area contributed by atoms with Gasteiger partial charge in [0.15, 0.2) is 0 Å². The maximum Gasteiger partial charge on any atom is 0.243 e. The Labute approximate surface area is 124 Å². The molecule has 0 bridgehead atoms. The molecule has 7 heteroatoms. The van der Waals surface area contributed by atoms with Crippen molar-refractivity contribution >= 4 is 10.0 Å². The number of sulfonamides is 1. The van der Waals surface area contributed by atoms with E-state index < -0.39 is 10.0 Å². The third-order valence-electron chi connectivity index (χ3n) is 4.08. The summed E-state index contributed by atoms with van der Waals surface area (Å²) in [5, 5.41) is 12.1. The lowest BCUT2D eigenvalue weighted by atomic mass is 10.0. The van der Waals surface area contributed by atoms with Crippen LogP contribution in [0.25, 0.3) is 0 Å². The summed E-state index contributed by atoms with van der Waals surface area (Å²) < 4.78 is 32.3. The van der Waals surface area contributed by atoms with Crippen molar-refractivity contribution in [1.29, 1.82) is 5.26 Å². The average Bonchev–Trinajstić information content (AvgIpc) is 2.96. The summed E-state index contributed by atoms with van der Waals surface area (Å²) in [7, 11) is -3.49. The molecular weight excluding hydrogens is 290 g/mol. The summed E-state index contributed by atoms with van der Waals surface area (Å²) >= 11 is 0. The Morgan fingerprint density at radius 2 is 1.90 bits per heavy atom. The highest BCUT2D eigenvalue weighted by Crippen LogP contribution is 2.29. The first-order valence-corrected chi connectivity index (χ1v) is 8.39. The van der Waals surface area contributed by atoms with Gasteiger partial charge < -0.3 is 4.74 Å². The smallest absolute Gasteiger partial charge is 0.243 e. The lowest BCUT2D eigenvalue weighted by molar-refractivity contribution is -0.0445. The summed E-state index contributed by atoms with van der Waals surface area (Å²) in [5.41, 5.74) is 0.117. The molecule has 0 aromatic heterocycles. The van der Waals surface area contributed by atoms with Crippen LogP contribution in [0.1, 0.15) is 18.4 Å². The van der Waals surface area contributed by atoms with Crippen LogP contribution in [0.2, 0.25) is 0 Å². The van der Waals surface area contributed by atoms with Gasteiger partial charge in [0.1, 0.15) is 5.72 Å². The summed E-state index contributed by atoms with van der Waals surface area (Å²) in [6.45, 7) is 2.38. The Hall–Kier alpha value is -1.46. The van der Waals surface area contributed by atoms with Crippen molar-refractivity contribution < 1.29 is 13.2 Å². The van der Waals surface area contributed by atoms with Gasteiger partial charge in [-0.15, -0.1) is 0 Å². The van der Waals surface area contributed by atoms with Gasteiger partial charge in [-0.25, -0.2) is 8.42 Å². The minimum absolute atomic E-state index is 0.234. The van der Waals surface area contributed by atoms with Gasteiger partial charge in [-0.05, 0) is 24.3 Å². The minimum Gasteiger partial charge on any atom is -0.359 e. The molecule has 1 spiro atoms. The van der Waals surface area contributed by atoms with Crippen molar-refractivity contribution in [3.8, 4) is 6.07 Å². The van der Waals surface area contributed by atoms with E-state index in [9.17, 15) is 8.42 Å². The Balaban J connectivity index is 1.75. The Kier molecular flexibility index (Phi) is 3.71. The van der Waals surface area contributed by atoms with Crippen molar-refractivity contribution in [1.82, 2.24) is 9.62 Å². The molecule has 2 aliphatic heterocycles.